The summed E-state index contributed by atoms with van der Waals surface area (Å²) < 4.78 is 53.5. The molecule has 8 nitrogen and oxygen atoms in total. The van der Waals surface area contributed by atoms with Gasteiger partial charge in [-0.1, -0.05) is 11.2 Å². The van der Waals surface area contributed by atoms with Gasteiger partial charge in [0, 0.05) is 64.6 Å². The maximum Gasteiger partial charge on any atom is 0.281 e. The van der Waals surface area contributed by atoms with Crippen molar-refractivity contribution in [2.24, 2.45) is 5.16 Å². The largest absolute Gasteiger partial charge is 0.388 e. The molecule has 1 aromatic rings. The molecule has 0 unspecified atom stereocenters. The molecule has 0 aliphatic carbocycles. The molecule has 28 heavy (non-hydrogen) atoms. The van der Waals surface area contributed by atoms with Crippen LogP contribution in [0.3, 0.4) is 0 Å². The van der Waals surface area contributed by atoms with Crippen molar-refractivity contribution in [3.8, 4) is 0 Å². The smallest absolute Gasteiger partial charge is 0.281 e. The number of amides is 1. The quantitative estimate of drug-likeness (QED) is 0.775. The van der Waals surface area contributed by atoms with E-state index >= 15 is 0 Å². The van der Waals surface area contributed by atoms with E-state index in [2.05, 4.69) is 10.5 Å². The van der Waals surface area contributed by atoms with E-state index in [0.717, 1.165) is 16.4 Å². The number of hydrogen-bond acceptors (Lipinski definition) is 5. The molecule has 1 saturated heterocycles. The van der Waals surface area contributed by atoms with Gasteiger partial charge in [0.05, 0.1) is 0 Å². The highest BCUT2D eigenvalue weighted by atomic mass is 32.2. The summed E-state index contributed by atoms with van der Waals surface area (Å²) in [6.45, 7) is 0.434. The van der Waals surface area contributed by atoms with Crippen LogP contribution in [0.1, 0.15) is 24.8 Å². The van der Waals surface area contributed by atoms with Crippen molar-refractivity contribution in [3.63, 3.8) is 0 Å². The summed E-state index contributed by atoms with van der Waals surface area (Å²) in [5.74, 6) is -1.93. The standard InChI is InChI=1S/C17H22F2N4O4S/c1-22(2)28(25,26)23-7-5-17(6-8-23)10-15(21-27-17)16(24)20-11-12-3-4-13(18)9-14(12)19/h3-4,9H,5-8,10-11H2,1-2H3,(H,20,24). The van der Waals surface area contributed by atoms with Crippen molar-refractivity contribution in [1.29, 1.82) is 0 Å². The maximum atomic E-state index is 13.7. The lowest BCUT2D eigenvalue weighted by molar-refractivity contribution is -0.115. The average Bonchev–Trinajstić information content (AvgIpc) is 3.04. The fraction of sp³-hybridized carbons (Fsp3) is 0.529. The normalized spacial score (nSPS) is 19.5. The van der Waals surface area contributed by atoms with E-state index in [1.165, 1.54) is 24.5 Å². The SMILES string of the molecule is CN(C)S(=O)(=O)N1CCC2(CC1)CC(C(=O)NCc1ccc(F)cc1F)=NO2. The van der Waals surface area contributed by atoms with Gasteiger partial charge < -0.3 is 10.2 Å². The summed E-state index contributed by atoms with van der Waals surface area (Å²) in [6.07, 6.45) is 1.07. The highest BCUT2D eigenvalue weighted by Gasteiger charge is 2.45. The van der Waals surface area contributed by atoms with Crippen molar-refractivity contribution in [1.82, 2.24) is 13.9 Å². The number of carbonyl (C=O) groups excluding carboxylic acids is 1. The minimum atomic E-state index is -3.49. The Morgan fingerprint density at radius 1 is 1.32 bits per heavy atom. The molecule has 2 heterocycles. The number of halogens is 2. The van der Waals surface area contributed by atoms with Gasteiger partial charge in [0.25, 0.3) is 16.1 Å². The van der Waals surface area contributed by atoms with Crippen molar-refractivity contribution < 1.29 is 26.8 Å². The first-order chi connectivity index (χ1) is 13.1. The summed E-state index contributed by atoms with van der Waals surface area (Å²) in [5.41, 5.74) is -0.371. The molecule has 0 atom stereocenters. The summed E-state index contributed by atoms with van der Waals surface area (Å²) >= 11 is 0. The van der Waals surface area contributed by atoms with Crippen molar-refractivity contribution in [2.45, 2.75) is 31.4 Å². The van der Waals surface area contributed by atoms with Gasteiger partial charge in [-0.25, -0.2) is 8.78 Å². The number of nitrogens with one attached hydrogen (secondary N) is 1. The minimum absolute atomic E-state index is 0.105. The van der Waals surface area contributed by atoms with E-state index in [0.29, 0.717) is 12.8 Å². The van der Waals surface area contributed by atoms with E-state index in [9.17, 15) is 22.0 Å². The molecule has 11 heteroatoms. The molecule has 1 amide bonds. The van der Waals surface area contributed by atoms with Crippen LogP contribution in [0.5, 0.6) is 0 Å². The van der Waals surface area contributed by atoms with Crippen LogP contribution in [-0.2, 0) is 26.4 Å². The molecular formula is C17H22F2N4O4S. The first-order valence-electron chi connectivity index (χ1n) is 8.78. The van der Waals surface area contributed by atoms with Crippen molar-refractivity contribution >= 4 is 21.8 Å². The zero-order valence-electron chi connectivity index (χ0n) is 15.6. The molecule has 2 aliphatic rings. The molecule has 1 aromatic carbocycles. The third kappa shape index (κ3) is 4.15. The zero-order chi connectivity index (χ0) is 20.5. The van der Waals surface area contributed by atoms with Gasteiger partial charge in [0.15, 0.2) is 0 Å². The lowest BCUT2D eigenvalue weighted by Crippen LogP contribution is -2.50. The predicted octanol–water partition coefficient (Wildman–Crippen LogP) is 0.998. The van der Waals surface area contributed by atoms with Gasteiger partial charge in [-0.05, 0) is 6.07 Å². The van der Waals surface area contributed by atoms with Gasteiger partial charge >= 0.3 is 0 Å². The van der Waals surface area contributed by atoms with E-state index in [4.69, 9.17) is 4.84 Å². The molecule has 154 valence electrons. The van der Waals surface area contributed by atoms with Crippen LogP contribution in [0.25, 0.3) is 0 Å². The van der Waals surface area contributed by atoms with Gasteiger partial charge in [-0.15, -0.1) is 0 Å². The molecule has 0 aromatic heterocycles. The summed E-state index contributed by atoms with van der Waals surface area (Å²) in [7, 11) is -0.543. The fourth-order valence-corrected chi connectivity index (χ4v) is 4.32. The Bertz CT molecular complexity index is 896. The first kappa shape index (κ1) is 20.6. The Kier molecular flexibility index (Phi) is 5.69. The van der Waals surface area contributed by atoms with Crippen LogP contribution in [0.15, 0.2) is 23.4 Å². The average molecular weight is 416 g/mol. The number of rotatable bonds is 5. The predicted molar refractivity (Wildman–Crippen MR) is 97.5 cm³/mol. The fourth-order valence-electron chi connectivity index (χ4n) is 3.21. The van der Waals surface area contributed by atoms with Gasteiger partial charge in [0.2, 0.25) is 0 Å². The molecule has 0 saturated carbocycles. The topological polar surface area (TPSA) is 91.3 Å². The highest BCUT2D eigenvalue weighted by molar-refractivity contribution is 7.86. The van der Waals surface area contributed by atoms with Crippen molar-refractivity contribution in [2.75, 3.05) is 27.2 Å². The second-order valence-electron chi connectivity index (χ2n) is 7.10. The van der Waals surface area contributed by atoms with E-state index in [1.807, 2.05) is 0 Å². The van der Waals surface area contributed by atoms with Crippen LogP contribution in [-0.4, -0.2) is 61.4 Å². The van der Waals surface area contributed by atoms with Gasteiger partial charge in [0.1, 0.15) is 22.9 Å². The number of carbonyl (C=O) groups is 1. The van der Waals surface area contributed by atoms with Crippen molar-refractivity contribution in [3.05, 3.63) is 35.4 Å². The Hall–Kier alpha value is -2.11. The molecule has 2 aliphatic heterocycles. The number of piperidine rings is 1. The third-order valence-electron chi connectivity index (χ3n) is 4.98. The maximum absolute atomic E-state index is 13.7. The Labute approximate surface area is 162 Å². The van der Waals surface area contributed by atoms with Crippen LogP contribution >= 0.6 is 0 Å². The Morgan fingerprint density at radius 2 is 2.00 bits per heavy atom. The number of hydrogen-bond donors (Lipinski definition) is 1. The monoisotopic (exact) mass is 416 g/mol. The van der Waals surface area contributed by atoms with E-state index < -0.39 is 33.4 Å². The molecule has 0 bridgehead atoms. The Balaban J connectivity index is 1.54. The lowest BCUT2D eigenvalue weighted by Gasteiger charge is -2.37. The number of benzene rings is 1. The zero-order valence-corrected chi connectivity index (χ0v) is 16.4. The molecule has 1 N–H and O–H groups in total. The highest BCUT2D eigenvalue weighted by Crippen LogP contribution is 2.35. The second-order valence-corrected chi connectivity index (χ2v) is 9.24. The third-order valence-corrected chi connectivity index (χ3v) is 6.92. The molecule has 3 rings (SSSR count). The summed E-state index contributed by atoms with van der Waals surface area (Å²) in [6, 6.07) is 3.13. The van der Waals surface area contributed by atoms with E-state index in [-0.39, 0.29) is 37.3 Å². The van der Waals surface area contributed by atoms with Crippen LogP contribution < -0.4 is 5.32 Å². The lowest BCUT2D eigenvalue weighted by atomic mass is 9.87. The van der Waals surface area contributed by atoms with Gasteiger partial charge in [-0.3, -0.25) is 4.79 Å². The molecule has 0 radical (unpaired) electrons. The summed E-state index contributed by atoms with van der Waals surface area (Å²) in [5, 5.41) is 6.40. The molecule has 1 fully saturated rings. The van der Waals surface area contributed by atoms with Gasteiger partial charge in [-0.2, -0.15) is 17.0 Å². The molecular weight excluding hydrogens is 394 g/mol. The van der Waals surface area contributed by atoms with Crippen LogP contribution in [0, 0.1) is 11.6 Å². The molecule has 1 spiro atoms. The number of nitrogens with zero attached hydrogens (tertiary/aromatic N) is 3. The van der Waals surface area contributed by atoms with Crippen LogP contribution in [0.4, 0.5) is 8.78 Å². The second kappa shape index (κ2) is 7.72. The van der Waals surface area contributed by atoms with E-state index in [1.54, 1.807) is 0 Å². The minimum Gasteiger partial charge on any atom is -0.388 e. The summed E-state index contributed by atoms with van der Waals surface area (Å²) in [4.78, 5) is 17.8. The van der Waals surface area contributed by atoms with Crippen LogP contribution in [0.2, 0.25) is 0 Å². The number of oxime groups is 1. The Morgan fingerprint density at radius 3 is 2.61 bits per heavy atom. The first-order valence-corrected chi connectivity index (χ1v) is 10.2.